The van der Waals surface area contributed by atoms with Crippen LogP contribution in [-0.4, -0.2) is 15.7 Å². The Hall–Kier alpha value is -1.52. The molecule has 0 radical (unpaired) electrons. The molecule has 0 atom stereocenters. The van der Waals surface area contributed by atoms with Crippen LogP contribution in [0.5, 0.6) is 0 Å². The summed E-state index contributed by atoms with van der Waals surface area (Å²) < 4.78 is 3.07. The molecule has 0 aromatic carbocycles. The van der Waals surface area contributed by atoms with Crippen molar-refractivity contribution in [1.82, 2.24) is 9.13 Å². The van der Waals surface area contributed by atoms with Crippen molar-refractivity contribution in [2.24, 2.45) is 7.05 Å². The minimum absolute atomic E-state index is 0.0673. The lowest BCUT2D eigenvalue weighted by Gasteiger charge is -2.25. The molecule has 0 aliphatic heterocycles. The van der Waals surface area contributed by atoms with Crippen LogP contribution < -0.4 is 16.6 Å². The Morgan fingerprint density at radius 3 is 2.45 bits per heavy atom. The normalized spacial score (nSPS) is 16.4. The summed E-state index contributed by atoms with van der Waals surface area (Å²) in [7, 11) is 1.74. The molecule has 1 saturated carbocycles. The summed E-state index contributed by atoms with van der Waals surface area (Å²) in [5.74, 6) is 0. The number of rotatable bonds is 4. The lowest BCUT2D eigenvalue weighted by molar-refractivity contribution is 0.331. The van der Waals surface area contributed by atoms with Gasteiger partial charge in [0.05, 0.1) is 0 Å². The second kappa shape index (κ2) is 6.29. The predicted octanol–water partition coefficient (Wildman–Crippen LogP) is 2.18. The van der Waals surface area contributed by atoms with Gasteiger partial charge in [0.15, 0.2) is 0 Å². The highest BCUT2D eigenvalue weighted by molar-refractivity contribution is 5.45. The number of nitrogens with zero attached hydrogens (tertiary/aromatic N) is 2. The van der Waals surface area contributed by atoms with E-state index >= 15 is 0 Å². The molecule has 0 saturated heterocycles. The molecule has 0 unspecified atom stereocenters. The van der Waals surface area contributed by atoms with Crippen LogP contribution in [0.1, 0.15) is 57.2 Å². The highest BCUT2D eigenvalue weighted by atomic mass is 16.2. The van der Waals surface area contributed by atoms with Crippen molar-refractivity contribution in [3.8, 4) is 0 Å². The fourth-order valence-electron chi connectivity index (χ4n) is 2.95. The zero-order valence-electron chi connectivity index (χ0n) is 12.7. The number of anilines is 1. The molecule has 1 aromatic heterocycles. The number of hydrogen-bond donors (Lipinski definition) is 1. The van der Waals surface area contributed by atoms with Gasteiger partial charge in [-0.15, -0.1) is 0 Å². The monoisotopic (exact) mass is 279 g/mol. The third kappa shape index (κ3) is 2.67. The van der Waals surface area contributed by atoms with Gasteiger partial charge in [0.1, 0.15) is 5.69 Å². The second-order valence-corrected chi connectivity index (χ2v) is 5.70. The molecule has 2 rings (SSSR count). The SMILES string of the molecule is CCCNc1c(C)n(C)c(=O)n(C2CCCCC2)c1=O. The van der Waals surface area contributed by atoms with Crippen LogP contribution in [0.3, 0.4) is 0 Å². The van der Waals surface area contributed by atoms with E-state index in [1.165, 1.54) is 11.0 Å². The van der Waals surface area contributed by atoms with Gasteiger partial charge in [0.25, 0.3) is 5.56 Å². The molecule has 1 heterocycles. The highest BCUT2D eigenvalue weighted by Crippen LogP contribution is 2.26. The molecular weight excluding hydrogens is 254 g/mol. The average Bonchev–Trinajstić information content (AvgIpc) is 2.46. The van der Waals surface area contributed by atoms with E-state index in [1.807, 2.05) is 6.92 Å². The lowest BCUT2D eigenvalue weighted by Crippen LogP contribution is -2.44. The molecule has 1 aliphatic rings. The zero-order chi connectivity index (χ0) is 14.7. The first-order valence-electron chi connectivity index (χ1n) is 7.64. The largest absolute Gasteiger partial charge is 0.379 e. The van der Waals surface area contributed by atoms with Gasteiger partial charge < -0.3 is 5.32 Å². The van der Waals surface area contributed by atoms with Gasteiger partial charge >= 0.3 is 5.69 Å². The maximum atomic E-state index is 12.7. The molecule has 5 nitrogen and oxygen atoms in total. The summed E-state index contributed by atoms with van der Waals surface area (Å²) >= 11 is 0. The third-order valence-electron chi connectivity index (χ3n) is 4.28. The predicted molar refractivity (Wildman–Crippen MR) is 81.6 cm³/mol. The molecule has 1 fully saturated rings. The van der Waals surface area contributed by atoms with Crippen molar-refractivity contribution in [2.45, 2.75) is 58.4 Å². The Kier molecular flexibility index (Phi) is 4.68. The summed E-state index contributed by atoms with van der Waals surface area (Å²) in [6.07, 6.45) is 6.23. The Labute approximate surface area is 119 Å². The molecule has 1 aliphatic carbocycles. The zero-order valence-corrected chi connectivity index (χ0v) is 12.7. The minimum atomic E-state index is -0.179. The van der Waals surface area contributed by atoms with Crippen LogP contribution in [0.4, 0.5) is 5.69 Å². The van der Waals surface area contributed by atoms with E-state index in [9.17, 15) is 9.59 Å². The van der Waals surface area contributed by atoms with Crippen molar-refractivity contribution < 1.29 is 0 Å². The molecule has 0 bridgehead atoms. The van der Waals surface area contributed by atoms with Gasteiger partial charge in [-0.2, -0.15) is 0 Å². The Balaban J connectivity index is 2.52. The number of aromatic nitrogens is 2. The first-order valence-corrected chi connectivity index (χ1v) is 7.64. The molecule has 1 aromatic rings. The van der Waals surface area contributed by atoms with Crippen molar-refractivity contribution in [3.05, 3.63) is 26.5 Å². The van der Waals surface area contributed by atoms with Crippen LogP contribution in [0.25, 0.3) is 0 Å². The lowest BCUT2D eigenvalue weighted by atomic mass is 9.95. The highest BCUT2D eigenvalue weighted by Gasteiger charge is 2.22. The summed E-state index contributed by atoms with van der Waals surface area (Å²) in [4.78, 5) is 25.1. The summed E-state index contributed by atoms with van der Waals surface area (Å²) in [5, 5.41) is 3.19. The van der Waals surface area contributed by atoms with E-state index in [0.29, 0.717) is 5.69 Å². The standard InChI is InChI=1S/C15H25N3O2/c1-4-10-16-13-11(2)17(3)15(20)18(14(13)19)12-8-6-5-7-9-12/h12,16H,4-10H2,1-3H3. The fourth-order valence-corrected chi connectivity index (χ4v) is 2.95. The fraction of sp³-hybridized carbons (Fsp3) is 0.733. The van der Waals surface area contributed by atoms with Crippen molar-refractivity contribution in [3.63, 3.8) is 0 Å². The van der Waals surface area contributed by atoms with E-state index in [0.717, 1.165) is 44.3 Å². The molecule has 20 heavy (non-hydrogen) atoms. The van der Waals surface area contributed by atoms with E-state index in [4.69, 9.17) is 0 Å². The van der Waals surface area contributed by atoms with Gasteiger partial charge in [-0.3, -0.25) is 13.9 Å². The van der Waals surface area contributed by atoms with Crippen LogP contribution in [0, 0.1) is 6.92 Å². The summed E-state index contributed by atoms with van der Waals surface area (Å²) in [5.41, 5.74) is 0.979. The quantitative estimate of drug-likeness (QED) is 0.919. The van der Waals surface area contributed by atoms with Gasteiger partial charge in [-0.05, 0) is 26.2 Å². The van der Waals surface area contributed by atoms with Crippen LogP contribution in [0.2, 0.25) is 0 Å². The maximum absolute atomic E-state index is 12.7. The molecular formula is C15H25N3O2. The van der Waals surface area contributed by atoms with Crippen molar-refractivity contribution in [2.75, 3.05) is 11.9 Å². The van der Waals surface area contributed by atoms with Crippen molar-refractivity contribution in [1.29, 1.82) is 0 Å². The third-order valence-corrected chi connectivity index (χ3v) is 4.28. The van der Waals surface area contributed by atoms with E-state index < -0.39 is 0 Å². The van der Waals surface area contributed by atoms with E-state index in [2.05, 4.69) is 12.2 Å². The first kappa shape index (κ1) is 14.9. The number of nitrogens with one attached hydrogen (secondary N) is 1. The first-order chi connectivity index (χ1) is 9.57. The second-order valence-electron chi connectivity index (χ2n) is 5.70. The van der Waals surface area contributed by atoms with Gasteiger partial charge in [-0.1, -0.05) is 26.2 Å². The number of hydrogen-bond acceptors (Lipinski definition) is 3. The van der Waals surface area contributed by atoms with Crippen LogP contribution >= 0.6 is 0 Å². The topological polar surface area (TPSA) is 56.0 Å². The van der Waals surface area contributed by atoms with Gasteiger partial charge in [-0.25, -0.2) is 4.79 Å². The minimum Gasteiger partial charge on any atom is -0.379 e. The molecule has 0 amide bonds. The Morgan fingerprint density at radius 2 is 1.85 bits per heavy atom. The van der Waals surface area contributed by atoms with E-state index in [1.54, 1.807) is 11.6 Å². The van der Waals surface area contributed by atoms with Crippen LogP contribution in [-0.2, 0) is 7.05 Å². The van der Waals surface area contributed by atoms with Crippen LogP contribution in [0.15, 0.2) is 9.59 Å². The van der Waals surface area contributed by atoms with Gasteiger partial charge in [0.2, 0.25) is 0 Å². The molecule has 0 spiro atoms. The van der Waals surface area contributed by atoms with Gasteiger partial charge in [0, 0.05) is 25.3 Å². The maximum Gasteiger partial charge on any atom is 0.331 e. The summed E-state index contributed by atoms with van der Waals surface area (Å²) in [6, 6.07) is 0.0673. The smallest absolute Gasteiger partial charge is 0.331 e. The molecule has 1 N–H and O–H groups in total. The Bertz CT molecular complexity index is 580. The van der Waals surface area contributed by atoms with E-state index in [-0.39, 0.29) is 17.3 Å². The van der Waals surface area contributed by atoms with Crippen molar-refractivity contribution >= 4 is 5.69 Å². The molecule has 5 heteroatoms. The Morgan fingerprint density at radius 1 is 1.20 bits per heavy atom. The summed E-state index contributed by atoms with van der Waals surface area (Å²) in [6.45, 7) is 4.63. The average molecular weight is 279 g/mol. The molecule has 112 valence electrons.